The van der Waals surface area contributed by atoms with Crippen LogP contribution in [0.2, 0.25) is 0 Å². The van der Waals surface area contributed by atoms with Gasteiger partial charge in [0.25, 0.3) is 0 Å². The molecule has 1 aromatic carbocycles. The molecule has 1 aliphatic rings. The van der Waals surface area contributed by atoms with Gasteiger partial charge in [-0.05, 0) is 18.6 Å². The van der Waals surface area contributed by atoms with E-state index in [1.54, 1.807) is 22.8 Å². The smallest absolute Gasteiger partial charge is 0.246 e. The maximum Gasteiger partial charge on any atom is 0.246 e. The summed E-state index contributed by atoms with van der Waals surface area (Å²) in [6, 6.07) is 7.93. The summed E-state index contributed by atoms with van der Waals surface area (Å²) in [5, 5.41) is 7.41. The summed E-state index contributed by atoms with van der Waals surface area (Å²) >= 11 is 0. The van der Waals surface area contributed by atoms with Gasteiger partial charge in [0.2, 0.25) is 5.91 Å². The number of carbonyl (C=O) groups excluding carboxylic acids is 1. The molecule has 1 fully saturated rings. The molecule has 1 amide bonds. The van der Waals surface area contributed by atoms with Crippen LogP contribution >= 0.6 is 0 Å². The molecule has 0 saturated carbocycles. The molecular formula is C19H26N6O2. The van der Waals surface area contributed by atoms with Gasteiger partial charge in [0.15, 0.2) is 5.96 Å². The number of piperazine rings is 1. The molecule has 1 saturated heterocycles. The van der Waals surface area contributed by atoms with Crippen molar-refractivity contribution < 1.29 is 9.53 Å². The third-order valence-electron chi connectivity index (χ3n) is 4.47. The fourth-order valence-electron chi connectivity index (χ4n) is 3.05. The van der Waals surface area contributed by atoms with Crippen molar-refractivity contribution in [2.45, 2.75) is 6.92 Å². The highest BCUT2D eigenvalue weighted by molar-refractivity contribution is 5.98. The number of nitrogens with one attached hydrogen (secondary N) is 1. The second-order valence-electron chi connectivity index (χ2n) is 6.43. The Balaban J connectivity index is 1.48. The molecule has 3 rings (SSSR count). The third-order valence-corrected chi connectivity index (χ3v) is 4.47. The third kappa shape index (κ3) is 4.58. The number of aliphatic imine (C=N–C) groups is 1. The van der Waals surface area contributed by atoms with Gasteiger partial charge < -0.3 is 19.9 Å². The van der Waals surface area contributed by atoms with E-state index in [-0.39, 0.29) is 12.5 Å². The Morgan fingerprint density at radius 1 is 1.33 bits per heavy atom. The molecular weight excluding hydrogens is 344 g/mol. The van der Waals surface area contributed by atoms with Crippen LogP contribution in [0.5, 0.6) is 5.75 Å². The summed E-state index contributed by atoms with van der Waals surface area (Å²) < 4.78 is 7.50. The number of anilines is 1. The summed E-state index contributed by atoms with van der Waals surface area (Å²) in [7, 11) is 3.57. The van der Waals surface area contributed by atoms with Crippen LogP contribution in [-0.2, 0) is 11.8 Å². The molecule has 2 aromatic rings. The van der Waals surface area contributed by atoms with Gasteiger partial charge in [-0.1, -0.05) is 18.2 Å². The van der Waals surface area contributed by atoms with Gasteiger partial charge >= 0.3 is 0 Å². The first-order valence-corrected chi connectivity index (χ1v) is 9.01. The van der Waals surface area contributed by atoms with E-state index >= 15 is 0 Å². The van der Waals surface area contributed by atoms with Gasteiger partial charge in [-0.3, -0.25) is 14.5 Å². The summed E-state index contributed by atoms with van der Waals surface area (Å²) in [5.41, 5.74) is 1.94. The zero-order chi connectivity index (χ0) is 19.2. The molecule has 2 heterocycles. The zero-order valence-electron chi connectivity index (χ0n) is 16.1. The minimum Gasteiger partial charge on any atom is -0.491 e. The molecule has 144 valence electrons. The number of hydrogen-bond acceptors (Lipinski definition) is 4. The SMILES string of the molecule is CN=C(NCCOc1ccccc1C)N1CCN(c2cnn(C)c2)C(=O)C1. The standard InChI is InChI=1S/C19H26N6O2/c1-15-6-4-5-7-17(15)27-11-8-21-19(20-2)24-9-10-25(18(26)14-24)16-12-22-23(3)13-16/h4-7,12-13H,8-11,14H2,1-3H3,(H,20,21). The Morgan fingerprint density at radius 2 is 2.15 bits per heavy atom. The van der Waals surface area contributed by atoms with E-state index in [9.17, 15) is 4.79 Å². The monoisotopic (exact) mass is 370 g/mol. The van der Waals surface area contributed by atoms with Crippen LogP contribution < -0.4 is 15.0 Å². The molecule has 27 heavy (non-hydrogen) atoms. The van der Waals surface area contributed by atoms with Crippen LogP contribution in [0.3, 0.4) is 0 Å². The lowest BCUT2D eigenvalue weighted by Crippen LogP contribution is -2.55. The van der Waals surface area contributed by atoms with Gasteiger partial charge in [-0.25, -0.2) is 0 Å². The molecule has 0 spiro atoms. The predicted molar refractivity (Wildman–Crippen MR) is 105 cm³/mol. The average molecular weight is 370 g/mol. The maximum atomic E-state index is 12.5. The number of para-hydroxylation sites is 1. The number of benzene rings is 1. The van der Waals surface area contributed by atoms with Crippen LogP contribution in [-0.4, -0.2) is 66.4 Å². The van der Waals surface area contributed by atoms with Crippen molar-refractivity contribution in [1.82, 2.24) is 20.0 Å². The summed E-state index contributed by atoms with van der Waals surface area (Å²) in [4.78, 5) is 20.5. The van der Waals surface area contributed by atoms with E-state index in [1.807, 2.05) is 49.3 Å². The highest BCUT2D eigenvalue weighted by atomic mass is 16.5. The number of ether oxygens (including phenoxy) is 1. The number of amides is 1. The predicted octanol–water partition coefficient (Wildman–Crippen LogP) is 1.03. The lowest BCUT2D eigenvalue weighted by molar-refractivity contribution is -0.120. The van der Waals surface area contributed by atoms with Gasteiger partial charge in [-0.15, -0.1) is 0 Å². The second-order valence-corrected chi connectivity index (χ2v) is 6.43. The molecule has 0 bridgehead atoms. The van der Waals surface area contributed by atoms with E-state index in [1.165, 1.54) is 0 Å². The lowest BCUT2D eigenvalue weighted by Gasteiger charge is -2.35. The van der Waals surface area contributed by atoms with E-state index in [0.717, 1.165) is 17.0 Å². The van der Waals surface area contributed by atoms with Crippen molar-refractivity contribution in [3.8, 4) is 5.75 Å². The Bertz CT molecular complexity index is 816. The first kappa shape index (κ1) is 18.8. The molecule has 1 N–H and O–H groups in total. The Labute approximate surface area is 159 Å². The maximum absolute atomic E-state index is 12.5. The van der Waals surface area contributed by atoms with Crippen molar-refractivity contribution in [3.63, 3.8) is 0 Å². The number of aryl methyl sites for hydroxylation is 2. The Kier molecular flexibility index (Phi) is 5.95. The van der Waals surface area contributed by atoms with Crippen molar-refractivity contribution in [2.24, 2.45) is 12.0 Å². The van der Waals surface area contributed by atoms with E-state index < -0.39 is 0 Å². The molecule has 0 atom stereocenters. The van der Waals surface area contributed by atoms with Gasteiger partial charge in [0.1, 0.15) is 18.9 Å². The first-order valence-electron chi connectivity index (χ1n) is 9.01. The first-order chi connectivity index (χ1) is 13.1. The Hall–Kier alpha value is -3.03. The molecule has 1 aromatic heterocycles. The second kappa shape index (κ2) is 8.57. The average Bonchev–Trinajstić information content (AvgIpc) is 3.09. The number of hydrogen-bond donors (Lipinski definition) is 1. The van der Waals surface area contributed by atoms with Crippen molar-refractivity contribution in [1.29, 1.82) is 0 Å². The highest BCUT2D eigenvalue weighted by Crippen LogP contribution is 2.17. The van der Waals surface area contributed by atoms with Gasteiger partial charge in [-0.2, -0.15) is 5.10 Å². The largest absolute Gasteiger partial charge is 0.491 e. The number of rotatable bonds is 5. The summed E-state index contributed by atoms with van der Waals surface area (Å²) in [5.74, 6) is 1.63. The van der Waals surface area contributed by atoms with Crippen molar-refractivity contribution in [3.05, 3.63) is 42.2 Å². The number of nitrogens with zero attached hydrogens (tertiary/aromatic N) is 5. The van der Waals surface area contributed by atoms with Crippen LogP contribution in [0.25, 0.3) is 0 Å². The van der Waals surface area contributed by atoms with Crippen LogP contribution in [0, 0.1) is 6.92 Å². The summed E-state index contributed by atoms with van der Waals surface area (Å²) in [6.07, 6.45) is 3.56. The summed E-state index contributed by atoms with van der Waals surface area (Å²) in [6.45, 7) is 4.75. The van der Waals surface area contributed by atoms with Gasteiger partial charge in [0, 0.05) is 33.4 Å². The Morgan fingerprint density at radius 3 is 2.81 bits per heavy atom. The zero-order valence-corrected chi connectivity index (χ0v) is 16.1. The topological polar surface area (TPSA) is 75.0 Å². The minimum absolute atomic E-state index is 0.0355. The van der Waals surface area contributed by atoms with E-state index in [4.69, 9.17) is 4.74 Å². The number of guanidine groups is 1. The quantitative estimate of drug-likeness (QED) is 0.483. The van der Waals surface area contributed by atoms with E-state index in [0.29, 0.717) is 32.2 Å². The molecule has 8 nitrogen and oxygen atoms in total. The molecule has 0 aliphatic carbocycles. The molecule has 1 aliphatic heterocycles. The normalized spacial score (nSPS) is 15.2. The fraction of sp³-hybridized carbons (Fsp3) is 0.421. The van der Waals surface area contributed by atoms with Gasteiger partial charge in [0.05, 0.1) is 18.4 Å². The molecule has 0 unspecified atom stereocenters. The van der Waals surface area contributed by atoms with Crippen molar-refractivity contribution >= 4 is 17.6 Å². The minimum atomic E-state index is 0.0355. The molecule has 0 radical (unpaired) electrons. The van der Waals surface area contributed by atoms with Crippen LogP contribution in [0.4, 0.5) is 5.69 Å². The van der Waals surface area contributed by atoms with Crippen LogP contribution in [0.15, 0.2) is 41.7 Å². The lowest BCUT2D eigenvalue weighted by atomic mass is 10.2. The number of aromatic nitrogens is 2. The highest BCUT2D eigenvalue weighted by Gasteiger charge is 2.27. The van der Waals surface area contributed by atoms with Crippen LogP contribution in [0.1, 0.15) is 5.56 Å². The van der Waals surface area contributed by atoms with Crippen molar-refractivity contribution in [2.75, 3.05) is 44.7 Å². The molecule has 8 heteroatoms. The number of carbonyl (C=O) groups is 1. The fourth-order valence-corrected chi connectivity index (χ4v) is 3.05. The van der Waals surface area contributed by atoms with E-state index in [2.05, 4.69) is 15.4 Å².